The van der Waals surface area contributed by atoms with Gasteiger partial charge in [-0.2, -0.15) is 0 Å². The van der Waals surface area contributed by atoms with Gasteiger partial charge in [-0.15, -0.1) is 0 Å². The van der Waals surface area contributed by atoms with Gasteiger partial charge in [-0.05, 0) is 81.4 Å². The molecule has 0 radical (unpaired) electrons. The Morgan fingerprint density at radius 2 is 1.79 bits per heavy atom. The minimum atomic E-state index is -0.0539. The minimum absolute atomic E-state index is 0.00882. The summed E-state index contributed by atoms with van der Waals surface area (Å²) >= 11 is 6.08. The number of fused-ring (bicyclic) bond motifs is 1. The highest BCUT2D eigenvalue weighted by Gasteiger charge is 2.51. The van der Waals surface area contributed by atoms with Crippen LogP contribution in [0.15, 0.2) is 22.6 Å². The van der Waals surface area contributed by atoms with Crippen LogP contribution >= 0.6 is 11.6 Å². The quantitative estimate of drug-likeness (QED) is 0.824. The third-order valence-corrected chi connectivity index (χ3v) is 6.76. The summed E-state index contributed by atoms with van der Waals surface area (Å²) in [5.74, 6) is 2.83. The summed E-state index contributed by atoms with van der Waals surface area (Å²) in [5.41, 5.74) is 1.62. The predicted molar refractivity (Wildman–Crippen MR) is 94.3 cm³/mol. The molecule has 4 bridgehead atoms. The van der Waals surface area contributed by atoms with E-state index in [4.69, 9.17) is 16.0 Å². The van der Waals surface area contributed by atoms with E-state index >= 15 is 0 Å². The first-order chi connectivity index (χ1) is 11.5. The normalized spacial score (nSPS) is 34.0. The van der Waals surface area contributed by atoms with Gasteiger partial charge in [0, 0.05) is 21.5 Å². The van der Waals surface area contributed by atoms with Crippen molar-refractivity contribution in [1.29, 1.82) is 0 Å². The van der Waals surface area contributed by atoms with Crippen molar-refractivity contribution in [3.63, 3.8) is 0 Å². The highest BCUT2D eigenvalue weighted by molar-refractivity contribution is 6.31. The fraction of sp³-hybridized carbons (Fsp3) is 0.550. The number of halogens is 1. The molecule has 2 aromatic rings. The number of hydrogen-bond donors (Lipinski definition) is 1. The number of nitrogens with one attached hydrogen (secondary N) is 1. The summed E-state index contributed by atoms with van der Waals surface area (Å²) in [6, 6.07) is 5.51. The average Bonchev–Trinajstić information content (AvgIpc) is 2.82. The largest absolute Gasteiger partial charge is 0.451 e. The molecule has 4 aliphatic carbocycles. The number of carbonyl (C=O) groups is 1. The highest BCUT2D eigenvalue weighted by atomic mass is 35.5. The van der Waals surface area contributed by atoms with E-state index in [0.717, 1.165) is 53.5 Å². The molecule has 3 nitrogen and oxygen atoms in total. The van der Waals surface area contributed by atoms with Crippen LogP contribution in [0.4, 0.5) is 0 Å². The maximum atomic E-state index is 13.0. The molecule has 0 aliphatic heterocycles. The van der Waals surface area contributed by atoms with Crippen molar-refractivity contribution < 1.29 is 9.21 Å². The van der Waals surface area contributed by atoms with Gasteiger partial charge in [-0.25, -0.2) is 0 Å². The number of carbonyl (C=O) groups excluding carboxylic acids is 1. The Hall–Kier alpha value is -1.48. The zero-order chi connectivity index (χ0) is 16.5. The van der Waals surface area contributed by atoms with Crippen LogP contribution in [0.5, 0.6) is 0 Å². The molecule has 0 spiro atoms. The number of aryl methyl sites for hydroxylation is 1. The van der Waals surface area contributed by atoms with Crippen molar-refractivity contribution in [2.24, 2.45) is 17.8 Å². The first-order valence-electron chi connectivity index (χ1n) is 9.02. The molecule has 1 heterocycles. The second-order valence-electron chi connectivity index (χ2n) is 8.35. The molecule has 4 heteroatoms. The van der Waals surface area contributed by atoms with E-state index in [2.05, 4.69) is 5.32 Å². The Morgan fingerprint density at radius 1 is 1.17 bits per heavy atom. The SMILES string of the molecule is Cc1c(C(=O)NC23CC4CC(CC(C4)C2)C3)oc2ccc(Cl)cc12. The molecule has 0 saturated heterocycles. The molecular formula is C20H22ClNO2. The van der Waals surface area contributed by atoms with Crippen molar-refractivity contribution in [2.75, 3.05) is 0 Å². The molecule has 6 rings (SSSR count). The summed E-state index contributed by atoms with van der Waals surface area (Å²) < 4.78 is 5.86. The molecule has 126 valence electrons. The van der Waals surface area contributed by atoms with Gasteiger partial charge >= 0.3 is 0 Å². The monoisotopic (exact) mass is 343 g/mol. The zero-order valence-electron chi connectivity index (χ0n) is 13.9. The van der Waals surface area contributed by atoms with Gasteiger partial charge in [0.2, 0.25) is 0 Å². The van der Waals surface area contributed by atoms with Gasteiger partial charge < -0.3 is 9.73 Å². The molecular weight excluding hydrogens is 322 g/mol. The van der Waals surface area contributed by atoms with Gasteiger partial charge in [0.15, 0.2) is 5.76 Å². The summed E-state index contributed by atoms with van der Waals surface area (Å²) in [4.78, 5) is 13.0. The second kappa shape index (κ2) is 5.01. The molecule has 4 aliphatic rings. The van der Waals surface area contributed by atoms with E-state index in [9.17, 15) is 4.79 Å². The second-order valence-corrected chi connectivity index (χ2v) is 8.79. The molecule has 4 fully saturated rings. The van der Waals surface area contributed by atoms with E-state index in [-0.39, 0.29) is 11.4 Å². The highest BCUT2D eigenvalue weighted by Crippen LogP contribution is 2.55. The van der Waals surface area contributed by atoms with Crippen molar-refractivity contribution in [3.8, 4) is 0 Å². The maximum Gasteiger partial charge on any atom is 0.287 e. The number of benzene rings is 1. The predicted octanol–water partition coefficient (Wildman–Crippen LogP) is 5.09. The van der Waals surface area contributed by atoms with Crippen LogP contribution in [0.1, 0.15) is 54.6 Å². The van der Waals surface area contributed by atoms with E-state index in [1.165, 1.54) is 19.3 Å². The number of amides is 1. The van der Waals surface area contributed by atoms with E-state index in [0.29, 0.717) is 10.8 Å². The van der Waals surface area contributed by atoms with Crippen LogP contribution < -0.4 is 5.32 Å². The van der Waals surface area contributed by atoms with Gasteiger partial charge in [-0.3, -0.25) is 4.79 Å². The summed E-state index contributed by atoms with van der Waals surface area (Å²) in [6.45, 7) is 1.94. The van der Waals surface area contributed by atoms with Gasteiger partial charge in [-0.1, -0.05) is 11.6 Å². The standard InChI is InChI=1S/C20H22ClNO2/c1-11-16-7-15(21)2-3-17(16)24-18(11)19(23)22-20-8-12-4-13(9-20)6-14(5-12)10-20/h2-3,7,12-14H,4-6,8-10H2,1H3,(H,22,23). The Morgan fingerprint density at radius 3 is 2.42 bits per heavy atom. The molecule has 0 atom stereocenters. The zero-order valence-corrected chi connectivity index (χ0v) is 14.7. The lowest BCUT2D eigenvalue weighted by Crippen LogP contribution is -2.59. The third kappa shape index (κ3) is 2.21. The molecule has 0 unspecified atom stereocenters. The van der Waals surface area contributed by atoms with Crippen molar-refractivity contribution in [2.45, 2.75) is 51.0 Å². The van der Waals surface area contributed by atoms with Crippen molar-refractivity contribution in [3.05, 3.63) is 34.5 Å². The lowest BCUT2D eigenvalue weighted by Gasteiger charge is -2.56. The van der Waals surface area contributed by atoms with Crippen LogP contribution in [0, 0.1) is 24.7 Å². The molecule has 1 amide bonds. The van der Waals surface area contributed by atoms with E-state index in [1.54, 1.807) is 6.07 Å². The maximum absolute atomic E-state index is 13.0. The van der Waals surface area contributed by atoms with Crippen LogP contribution in [-0.4, -0.2) is 11.4 Å². The first kappa shape index (κ1) is 14.8. The van der Waals surface area contributed by atoms with Crippen LogP contribution in [0.2, 0.25) is 5.02 Å². The van der Waals surface area contributed by atoms with E-state index < -0.39 is 0 Å². The Labute approximate surface area is 146 Å². The summed E-state index contributed by atoms with van der Waals surface area (Å²) in [6.07, 6.45) is 7.56. The smallest absolute Gasteiger partial charge is 0.287 e. The molecule has 1 aromatic heterocycles. The number of hydrogen-bond acceptors (Lipinski definition) is 2. The summed E-state index contributed by atoms with van der Waals surface area (Å²) in [5, 5.41) is 4.99. The van der Waals surface area contributed by atoms with Crippen LogP contribution in [-0.2, 0) is 0 Å². The molecule has 1 aromatic carbocycles. The minimum Gasteiger partial charge on any atom is -0.451 e. The fourth-order valence-electron chi connectivity index (χ4n) is 5.97. The van der Waals surface area contributed by atoms with Crippen LogP contribution in [0.25, 0.3) is 11.0 Å². The summed E-state index contributed by atoms with van der Waals surface area (Å²) in [7, 11) is 0. The fourth-order valence-corrected chi connectivity index (χ4v) is 6.14. The lowest BCUT2D eigenvalue weighted by molar-refractivity contribution is -0.0171. The number of rotatable bonds is 2. The molecule has 24 heavy (non-hydrogen) atoms. The lowest BCUT2D eigenvalue weighted by atomic mass is 9.53. The number of furan rings is 1. The van der Waals surface area contributed by atoms with Gasteiger partial charge in [0.25, 0.3) is 5.91 Å². The van der Waals surface area contributed by atoms with Gasteiger partial charge in [0.05, 0.1) is 0 Å². The third-order valence-electron chi connectivity index (χ3n) is 6.52. The van der Waals surface area contributed by atoms with E-state index in [1.807, 2.05) is 19.1 Å². The molecule has 1 N–H and O–H groups in total. The molecule has 4 saturated carbocycles. The Balaban J connectivity index is 1.46. The Bertz CT molecular complexity index is 802. The van der Waals surface area contributed by atoms with Crippen molar-refractivity contribution >= 4 is 28.5 Å². The van der Waals surface area contributed by atoms with Gasteiger partial charge in [0.1, 0.15) is 5.58 Å². The van der Waals surface area contributed by atoms with Crippen molar-refractivity contribution in [1.82, 2.24) is 5.32 Å². The van der Waals surface area contributed by atoms with Crippen LogP contribution in [0.3, 0.4) is 0 Å². The first-order valence-corrected chi connectivity index (χ1v) is 9.40. The Kier molecular flexibility index (Phi) is 3.10. The topological polar surface area (TPSA) is 42.2 Å². The average molecular weight is 344 g/mol.